The molecule has 0 aromatic carbocycles. The first kappa shape index (κ1) is 900. The molecule has 0 aromatic heterocycles. The van der Waals surface area contributed by atoms with Crippen LogP contribution in [0, 0.1) is 0 Å². The van der Waals surface area contributed by atoms with Gasteiger partial charge in [-0.2, -0.15) is 0 Å². The first-order valence-corrected chi connectivity index (χ1v) is 0. The quantitative estimate of drug-likeness (QED) is 0.318. The fourth-order valence-electron chi connectivity index (χ4n) is 0. The molecule has 0 spiro atoms. The van der Waals surface area contributed by atoms with Crippen molar-refractivity contribution >= 4 is 37.7 Å². The van der Waals surface area contributed by atoms with Gasteiger partial charge in [0.15, 0.2) is 0 Å². The third-order valence-corrected chi connectivity index (χ3v) is 0. The van der Waals surface area contributed by atoms with Gasteiger partial charge in [0.05, 0.1) is 0 Å². The van der Waals surface area contributed by atoms with Gasteiger partial charge in [0.2, 0.25) is 0 Å². The fraction of sp³-hybridized carbons (Fsp3) is 0. The standard InChI is InChI=1S/Ca.8H2O/h;8*1H2/q+2;;;;;;;;. The van der Waals surface area contributed by atoms with Gasteiger partial charge in [-0.1, -0.05) is 0 Å². The SMILES string of the molecule is O.O.O.O.O.O.O.O.[Ca+2]. The van der Waals surface area contributed by atoms with Crippen LogP contribution in [0.15, 0.2) is 0 Å². The molecule has 0 heterocycles. The minimum atomic E-state index is 0. The van der Waals surface area contributed by atoms with E-state index in [9.17, 15) is 0 Å². The molecule has 0 bridgehead atoms. The Balaban J connectivity index is 0. The van der Waals surface area contributed by atoms with Gasteiger partial charge in [0.25, 0.3) is 0 Å². The molecular formula is H16CaO8+2. The smallest absolute Gasteiger partial charge is 0.412 e. The summed E-state index contributed by atoms with van der Waals surface area (Å²) < 4.78 is 0. The van der Waals surface area contributed by atoms with E-state index in [-0.39, 0.29) is 81.5 Å². The van der Waals surface area contributed by atoms with E-state index in [1.807, 2.05) is 0 Å². The van der Waals surface area contributed by atoms with E-state index in [1.165, 1.54) is 0 Å². The summed E-state index contributed by atoms with van der Waals surface area (Å²) >= 11 is 0. The summed E-state index contributed by atoms with van der Waals surface area (Å²) in [6.07, 6.45) is 0. The van der Waals surface area contributed by atoms with Gasteiger partial charge >= 0.3 is 37.7 Å². The summed E-state index contributed by atoms with van der Waals surface area (Å²) in [7, 11) is 0. The zero-order chi connectivity index (χ0) is 0. The molecule has 9 heavy (non-hydrogen) atoms. The van der Waals surface area contributed by atoms with Gasteiger partial charge < -0.3 is 43.8 Å². The van der Waals surface area contributed by atoms with Crippen LogP contribution in [0.1, 0.15) is 0 Å². The normalized spacial score (nSPS) is 0. The van der Waals surface area contributed by atoms with E-state index in [1.54, 1.807) is 0 Å². The molecule has 0 rings (SSSR count). The van der Waals surface area contributed by atoms with E-state index in [2.05, 4.69) is 0 Å². The molecule has 8 nitrogen and oxygen atoms in total. The predicted molar refractivity (Wildman–Crippen MR) is 34.7 cm³/mol. The van der Waals surface area contributed by atoms with Crippen LogP contribution in [0.3, 0.4) is 0 Å². The monoisotopic (exact) mass is 184 g/mol. The second-order valence-corrected chi connectivity index (χ2v) is 0. The average molecular weight is 184 g/mol. The fourth-order valence-corrected chi connectivity index (χ4v) is 0. The molecule has 64 valence electrons. The van der Waals surface area contributed by atoms with Gasteiger partial charge in [-0.25, -0.2) is 0 Å². The summed E-state index contributed by atoms with van der Waals surface area (Å²) in [6, 6.07) is 0. The van der Waals surface area contributed by atoms with E-state index in [4.69, 9.17) is 0 Å². The largest absolute Gasteiger partial charge is 2.00 e. The van der Waals surface area contributed by atoms with Crippen LogP contribution >= 0.6 is 0 Å². The molecule has 0 saturated carbocycles. The Kier molecular flexibility index (Phi) is 63800. The minimum Gasteiger partial charge on any atom is -0.412 e. The topological polar surface area (TPSA) is 252 Å². The minimum absolute atomic E-state index is 0. The Morgan fingerprint density at radius 1 is 0.222 bits per heavy atom. The number of rotatable bonds is 0. The Morgan fingerprint density at radius 2 is 0.222 bits per heavy atom. The summed E-state index contributed by atoms with van der Waals surface area (Å²) in [5, 5.41) is 0. The maximum Gasteiger partial charge on any atom is 2.00 e. The van der Waals surface area contributed by atoms with Crippen molar-refractivity contribution in [2.75, 3.05) is 0 Å². The van der Waals surface area contributed by atoms with Gasteiger partial charge in [0.1, 0.15) is 0 Å². The predicted octanol–water partition coefficient (Wildman–Crippen LogP) is -6.98. The molecule has 0 aliphatic heterocycles. The van der Waals surface area contributed by atoms with Crippen LogP contribution in [0.2, 0.25) is 0 Å². The van der Waals surface area contributed by atoms with Gasteiger partial charge in [-0.05, 0) is 0 Å². The first-order chi connectivity index (χ1) is 0. The molecular weight excluding hydrogens is 168 g/mol. The third kappa shape index (κ3) is 488. The molecule has 0 aliphatic carbocycles. The number of hydrogen-bond donors (Lipinski definition) is 0. The second kappa shape index (κ2) is 638. The van der Waals surface area contributed by atoms with Gasteiger partial charge in [-0.3, -0.25) is 0 Å². The van der Waals surface area contributed by atoms with Crippen LogP contribution in [0.25, 0.3) is 0 Å². The molecule has 0 radical (unpaired) electrons. The van der Waals surface area contributed by atoms with Crippen molar-refractivity contribution in [2.24, 2.45) is 0 Å². The Labute approximate surface area is 81.3 Å². The zero-order valence-electron chi connectivity index (χ0n) is 4.71. The molecule has 16 N–H and O–H groups in total. The Bertz CT molecular complexity index is 4.53. The molecule has 0 saturated heterocycles. The molecule has 0 fully saturated rings. The van der Waals surface area contributed by atoms with Gasteiger partial charge in [-0.15, -0.1) is 0 Å². The van der Waals surface area contributed by atoms with E-state index in [0.717, 1.165) is 0 Å². The van der Waals surface area contributed by atoms with Crippen LogP contribution in [-0.2, 0) is 0 Å². The first-order valence-electron chi connectivity index (χ1n) is 0. The summed E-state index contributed by atoms with van der Waals surface area (Å²) in [5.41, 5.74) is 0. The summed E-state index contributed by atoms with van der Waals surface area (Å²) in [4.78, 5) is 0. The number of hydrogen-bond acceptors (Lipinski definition) is 0. The maximum absolute atomic E-state index is 0. The summed E-state index contributed by atoms with van der Waals surface area (Å²) in [6.45, 7) is 0. The van der Waals surface area contributed by atoms with Crippen molar-refractivity contribution in [1.82, 2.24) is 0 Å². The summed E-state index contributed by atoms with van der Waals surface area (Å²) in [5.74, 6) is 0. The van der Waals surface area contributed by atoms with Crippen molar-refractivity contribution in [1.29, 1.82) is 0 Å². The van der Waals surface area contributed by atoms with Gasteiger partial charge in [0, 0.05) is 0 Å². The third-order valence-electron chi connectivity index (χ3n) is 0. The average Bonchev–Trinajstić information content (AvgIpc) is 0. The Morgan fingerprint density at radius 3 is 0.222 bits per heavy atom. The van der Waals surface area contributed by atoms with Crippen LogP contribution in [0.5, 0.6) is 0 Å². The molecule has 0 amide bonds. The Hall–Kier alpha value is 0.940. The van der Waals surface area contributed by atoms with Crippen LogP contribution in [0.4, 0.5) is 0 Å². The molecule has 9 heteroatoms. The second-order valence-electron chi connectivity index (χ2n) is 0. The van der Waals surface area contributed by atoms with E-state index >= 15 is 0 Å². The van der Waals surface area contributed by atoms with Crippen molar-refractivity contribution in [2.45, 2.75) is 0 Å². The van der Waals surface area contributed by atoms with Crippen molar-refractivity contribution in [3.05, 3.63) is 0 Å². The molecule has 0 aromatic rings. The van der Waals surface area contributed by atoms with Crippen molar-refractivity contribution in [3.63, 3.8) is 0 Å². The molecule has 0 atom stereocenters. The van der Waals surface area contributed by atoms with Crippen LogP contribution in [-0.4, -0.2) is 81.5 Å². The maximum atomic E-state index is 0. The van der Waals surface area contributed by atoms with E-state index in [0.29, 0.717) is 0 Å². The molecule has 0 aliphatic rings. The zero-order valence-corrected chi connectivity index (χ0v) is 6.92. The van der Waals surface area contributed by atoms with Crippen molar-refractivity contribution in [3.8, 4) is 0 Å². The van der Waals surface area contributed by atoms with E-state index < -0.39 is 0 Å². The van der Waals surface area contributed by atoms with Crippen molar-refractivity contribution < 1.29 is 43.8 Å². The molecule has 0 unspecified atom stereocenters. The van der Waals surface area contributed by atoms with Crippen LogP contribution < -0.4 is 0 Å².